The van der Waals surface area contributed by atoms with Gasteiger partial charge in [-0.1, -0.05) is 17.7 Å². The number of nitrogens with zero attached hydrogens (tertiary/aromatic N) is 2. The molecule has 2 rings (SSSR count). The van der Waals surface area contributed by atoms with Crippen LogP contribution in [-0.2, 0) is 6.61 Å². The van der Waals surface area contributed by atoms with Gasteiger partial charge in [-0.15, -0.1) is 0 Å². The van der Waals surface area contributed by atoms with Gasteiger partial charge < -0.3 is 4.74 Å². The summed E-state index contributed by atoms with van der Waals surface area (Å²) < 4.78 is 5.54. The van der Waals surface area contributed by atoms with E-state index >= 15 is 0 Å². The third-order valence-electron chi connectivity index (χ3n) is 2.89. The summed E-state index contributed by atoms with van der Waals surface area (Å²) in [4.78, 5) is 19.8. The summed E-state index contributed by atoms with van der Waals surface area (Å²) in [6.45, 7) is 0.196. The summed E-state index contributed by atoms with van der Waals surface area (Å²) >= 11 is 6.06. The molecule has 0 radical (unpaired) electrons. The quantitative estimate of drug-likeness (QED) is 0.586. The lowest BCUT2D eigenvalue weighted by molar-refractivity contribution is -0.400. The van der Waals surface area contributed by atoms with E-state index in [2.05, 4.69) is 0 Å². The zero-order valence-electron chi connectivity index (χ0n) is 11.7. The monoisotopic (exact) mass is 334 g/mol. The molecule has 0 N–H and O–H groups in total. The molecule has 0 aliphatic heterocycles. The summed E-state index contributed by atoms with van der Waals surface area (Å²) in [6.07, 6.45) is 2.15. The first-order valence-electron chi connectivity index (χ1n) is 6.43. The van der Waals surface area contributed by atoms with Crippen molar-refractivity contribution >= 4 is 23.4 Å². The molecule has 23 heavy (non-hydrogen) atoms. The van der Waals surface area contributed by atoms with Gasteiger partial charge in [0.1, 0.15) is 12.4 Å². The molecule has 0 heterocycles. The third kappa shape index (κ3) is 4.79. The Morgan fingerprint density at radius 2 is 1.78 bits per heavy atom. The molecule has 118 valence electrons. The largest absolute Gasteiger partial charge is 0.487 e. The minimum Gasteiger partial charge on any atom is -0.487 e. The van der Waals surface area contributed by atoms with E-state index in [1.165, 1.54) is 18.2 Å². The Hall–Kier alpha value is -2.93. The van der Waals surface area contributed by atoms with Gasteiger partial charge in [-0.2, -0.15) is 0 Å². The fourth-order valence-corrected chi connectivity index (χ4v) is 2.00. The van der Waals surface area contributed by atoms with Crippen molar-refractivity contribution in [2.75, 3.05) is 0 Å². The second-order valence-electron chi connectivity index (χ2n) is 4.50. The molecule has 0 unspecified atom stereocenters. The van der Waals surface area contributed by atoms with Crippen LogP contribution in [0.1, 0.15) is 11.1 Å². The number of halogens is 1. The van der Waals surface area contributed by atoms with Crippen LogP contribution < -0.4 is 4.74 Å². The van der Waals surface area contributed by atoms with E-state index in [1.807, 2.05) is 0 Å². The average Bonchev–Trinajstić information content (AvgIpc) is 2.52. The van der Waals surface area contributed by atoms with Crippen LogP contribution in [-0.4, -0.2) is 9.85 Å². The number of nitro benzene ring substituents is 1. The van der Waals surface area contributed by atoms with Gasteiger partial charge >= 0.3 is 0 Å². The number of hydrogen-bond donors (Lipinski definition) is 0. The SMILES string of the molecule is O=[N+]([O-])/C=C/c1ccc(OCc2ccc([N+](=O)[O-])cc2)c(Cl)c1. The number of benzene rings is 2. The van der Waals surface area contributed by atoms with Crippen molar-refractivity contribution in [3.8, 4) is 5.75 Å². The molecule has 0 saturated heterocycles. The number of ether oxygens (including phenoxy) is 1. The molecule has 0 saturated carbocycles. The fourth-order valence-electron chi connectivity index (χ4n) is 1.76. The molecule has 0 aromatic heterocycles. The Balaban J connectivity index is 2.03. The van der Waals surface area contributed by atoms with E-state index in [0.29, 0.717) is 16.3 Å². The Bertz CT molecular complexity index is 759. The van der Waals surface area contributed by atoms with Gasteiger partial charge in [0.15, 0.2) is 0 Å². The minimum atomic E-state index is -0.563. The second-order valence-corrected chi connectivity index (χ2v) is 4.91. The molecular weight excluding hydrogens is 324 g/mol. The van der Waals surface area contributed by atoms with Gasteiger partial charge in [0.05, 0.1) is 14.9 Å². The highest BCUT2D eigenvalue weighted by Crippen LogP contribution is 2.27. The zero-order chi connectivity index (χ0) is 16.8. The minimum absolute atomic E-state index is 0.00807. The van der Waals surface area contributed by atoms with E-state index in [4.69, 9.17) is 16.3 Å². The van der Waals surface area contributed by atoms with Crippen LogP contribution in [0.5, 0.6) is 5.75 Å². The number of hydrogen-bond acceptors (Lipinski definition) is 5. The van der Waals surface area contributed by atoms with E-state index in [9.17, 15) is 20.2 Å². The van der Waals surface area contributed by atoms with Crippen LogP contribution in [0.4, 0.5) is 5.69 Å². The number of rotatable bonds is 6. The van der Waals surface area contributed by atoms with E-state index in [-0.39, 0.29) is 12.3 Å². The Morgan fingerprint density at radius 3 is 2.35 bits per heavy atom. The molecule has 0 fully saturated rings. The highest BCUT2D eigenvalue weighted by atomic mass is 35.5. The standard InChI is InChI=1S/C15H11ClN2O5/c16-14-9-11(7-8-17(19)20)3-6-15(14)23-10-12-1-4-13(5-2-12)18(21)22/h1-9H,10H2/b8-7+. The van der Waals surface area contributed by atoms with Crippen LogP contribution >= 0.6 is 11.6 Å². The van der Waals surface area contributed by atoms with Crippen molar-refractivity contribution in [3.63, 3.8) is 0 Å². The first-order chi connectivity index (χ1) is 11.0. The summed E-state index contributed by atoms with van der Waals surface area (Å²) in [5.41, 5.74) is 1.34. The normalized spacial score (nSPS) is 10.7. The molecule has 8 heteroatoms. The van der Waals surface area contributed by atoms with Crippen molar-refractivity contribution in [1.29, 1.82) is 0 Å². The van der Waals surface area contributed by atoms with Crippen molar-refractivity contribution in [2.45, 2.75) is 6.61 Å². The van der Waals surface area contributed by atoms with Crippen molar-refractivity contribution in [1.82, 2.24) is 0 Å². The first kappa shape index (κ1) is 16.4. The smallest absolute Gasteiger partial charge is 0.269 e. The van der Waals surface area contributed by atoms with Gasteiger partial charge in [0, 0.05) is 18.2 Å². The fraction of sp³-hybridized carbons (Fsp3) is 0.0667. The van der Waals surface area contributed by atoms with Crippen molar-refractivity contribution < 1.29 is 14.6 Å². The molecule has 0 spiro atoms. The number of non-ortho nitro benzene ring substituents is 1. The predicted octanol–water partition coefficient (Wildman–Crippen LogP) is 4.07. The Kier molecular flexibility index (Phi) is 5.27. The average molecular weight is 335 g/mol. The van der Waals surface area contributed by atoms with Gasteiger partial charge in [-0.3, -0.25) is 20.2 Å². The lowest BCUT2D eigenvalue weighted by Crippen LogP contribution is -1.96. The van der Waals surface area contributed by atoms with E-state index < -0.39 is 9.85 Å². The van der Waals surface area contributed by atoms with Crippen LogP contribution in [0.15, 0.2) is 48.7 Å². The molecule has 0 atom stereocenters. The molecule has 0 bridgehead atoms. The van der Waals surface area contributed by atoms with Gasteiger partial charge in [-0.25, -0.2) is 0 Å². The Labute approximate surface area is 136 Å². The summed E-state index contributed by atoms with van der Waals surface area (Å²) in [5.74, 6) is 0.420. The van der Waals surface area contributed by atoms with Crippen molar-refractivity contribution in [3.05, 3.63) is 85.0 Å². The van der Waals surface area contributed by atoms with Crippen LogP contribution in [0, 0.1) is 20.2 Å². The van der Waals surface area contributed by atoms with Crippen LogP contribution in [0.3, 0.4) is 0 Å². The lowest BCUT2D eigenvalue weighted by Gasteiger charge is -2.08. The summed E-state index contributed by atoms with van der Waals surface area (Å²) in [5, 5.41) is 21.2. The second kappa shape index (κ2) is 7.37. The van der Waals surface area contributed by atoms with Crippen molar-refractivity contribution in [2.24, 2.45) is 0 Å². The highest BCUT2D eigenvalue weighted by molar-refractivity contribution is 6.32. The molecule has 2 aromatic rings. The topological polar surface area (TPSA) is 95.5 Å². The predicted molar refractivity (Wildman–Crippen MR) is 84.9 cm³/mol. The molecule has 0 aliphatic rings. The Morgan fingerprint density at radius 1 is 1.09 bits per heavy atom. The summed E-state index contributed by atoms with van der Waals surface area (Å²) in [6, 6.07) is 10.8. The van der Waals surface area contributed by atoms with Gasteiger partial charge in [0.25, 0.3) is 5.69 Å². The molecule has 0 amide bonds. The molecule has 0 aliphatic carbocycles. The molecule has 2 aromatic carbocycles. The molecular formula is C15H11ClN2O5. The first-order valence-corrected chi connectivity index (χ1v) is 6.81. The zero-order valence-corrected chi connectivity index (χ0v) is 12.5. The lowest BCUT2D eigenvalue weighted by atomic mass is 10.2. The van der Waals surface area contributed by atoms with Crippen LogP contribution in [0.2, 0.25) is 5.02 Å². The van der Waals surface area contributed by atoms with E-state index in [1.54, 1.807) is 30.3 Å². The van der Waals surface area contributed by atoms with Gasteiger partial charge in [-0.05, 0) is 35.4 Å². The third-order valence-corrected chi connectivity index (χ3v) is 3.18. The maximum Gasteiger partial charge on any atom is 0.269 e. The number of nitro groups is 2. The maximum absolute atomic E-state index is 10.6. The van der Waals surface area contributed by atoms with Gasteiger partial charge in [0.2, 0.25) is 6.20 Å². The van der Waals surface area contributed by atoms with E-state index in [0.717, 1.165) is 11.8 Å². The molecule has 7 nitrogen and oxygen atoms in total. The highest BCUT2D eigenvalue weighted by Gasteiger charge is 2.06. The maximum atomic E-state index is 10.6. The van der Waals surface area contributed by atoms with Crippen LogP contribution in [0.25, 0.3) is 6.08 Å². The summed E-state index contributed by atoms with van der Waals surface area (Å²) in [7, 11) is 0.